The molecular weight excluding hydrogens is 241 g/mol. The fraction of sp³-hybridized carbons (Fsp3) is 0.333. The summed E-state index contributed by atoms with van der Waals surface area (Å²) in [5.74, 6) is -0.149. The Kier molecular flexibility index (Phi) is 4.06. The van der Waals surface area contributed by atoms with E-state index >= 15 is 0 Å². The van der Waals surface area contributed by atoms with Gasteiger partial charge in [0, 0.05) is 23.0 Å². The van der Waals surface area contributed by atoms with Crippen LogP contribution in [0.1, 0.15) is 11.6 Å². The van der Waals surface area contributed by atoms with E-state index in [4.69, 9.17) is 11.5 Å². The summed E-state index contributed by atoms with van der Waals surface area (Å²) in [7, 11) is 0. The van der Waals surface area contributed by atoms with Gasteiger partial charge in [0.25, 0.3) is 0 Å². The highest BCUT2D eigenvalue weighted by Gasteiger charge is 2.29. The van der Waals surface area contributed by atoms with Gasteiger partial charge >= 0.3 is 5.51 Å². The van der Waals surface area contributed by atoms with Crippen molar-refractivity contribution in [3.8, 4) is 5.75 Å². The van der Waals surface area contributed by atoms with Crippen LogP contribution in [-0.4, -0.2) is 17.2 Å². The maximum Gasteiger partial charge on any atom is 0.446 e. The molecule has 90 valence electrons. The molecule has 5 N–H and O–H groups in total. The van der Waals surface area contributed by atoms with E-state index in [2.05, 4.69) is 0 Å². The molecule has 0 aliphatic heterocycles. The van der Waals surface area contributed by atoms with Crippen molar-refractivity contribution >= 4 is 11.8 Å². The number of phenols is 1. The second-order valence-corrected chi connectivity index (χ2v) is 4.25. The van der Waals surface area contributed by atoms with Gasteiger partial charge < -0.3 is 16.6 Å². The number of hydrogen-bond donors (Lipinski definition) is 3. The molecule has 0 aromatic heterocycles. The van der Waals surface area contributed by atoms with E-state index in [0.717, 1.165) is 0 Å². The highest BCUT2D eigenvalue weighted by Crippen LogP contribution is 2.38. The summed E-state index contributed by atoms with van der Waals surface area (Å²) in [6, 6.07) is 2.89. The number of halogens is 3. The van der Waals surface area contributed by atoms with Crippen molar-refractivity contribution in [2.24, 2.45) is 11.5 Å². The van der Waals surface area contributed by atoms with E-state index in [-0.39, 0.29) is 34.5 Å². The van der Waals surface area contributed by atoms with Crippen LogP contribution >= 0.6 is 11.8 Å². The van der Waals surface area contributed by atoms with Crippen LogP contribution in [0, 0.1) is 0 Å². The minimum atomic E-state index is -4.36. The molecule has 16 heavy (non-hydrogen) atoms. The molecule has 1 rings (SSSR count). The number of hydrogen-bond acceptors (Lipinski definition) is 4. The zero-order valence-corrected chi connectivity index (χ0v) is 8.98. The smallest absolute Gasteiger partial charge is 0.446 e. The highest BCUT2D eigenvalue weighted by atomic mass is 32.2. The van der Waals surface area contributed by atoms with Crippen LogP contribution in [0.25, 0.3) is 0 Å². The average molecular weight is 252 g/mol. The number of nitrogens with two attached hydrogens (primary N) is 2. The summed E-state index contributed by atoms with van der Waals surface area (Å²) in [4.78, 5) is -0.0239. The molecule has 0 aliphatic rings. The number of benzene rings is 1. The lowest BCUT2D eigenvalue weighted by Crippen LogP contribution is -2.20. The Balaban J connectivity index is 2.98. The fourth-order valence-corrected chi connectivity index (χ4v) is 1.74. The van der Waals surface area contributed by atoms with E-state index in [1.54, 1.807) is 0 Å². The Morgan fingerprint density at radius 2 is 2.00 bits per heavy atom. The van der Waals surface area contributed by atoms with E-state index in [0.29, 0.717) is 0 Å². The molecule has 3 nitrogen and oxygen atoms in total. The third kappa shape index (κ3) is 3.58. The maximum atomic E-state index is 12.1. The van der Waals surface area contributed by atoms with Gasteiger partial charge in [-0.2, -0.15) is 13.2 Å². The van der Waals surface area contributed by atoms with Crippen molar-refractivity contribution < 1.29 is 18.3 Å². The van der Waals surface area contributed by atoms with Gasteiger partial charge in [0.2, 0.25) is 0 Å². The molecule has 0 radical (unpaired) electrons. The second kappa shape index (κ2) is 4.94. The molecule has 0 aliphatic carbocycles. The number of alkyl halides is 3. The van der Waals surface area contributed by atoms with E-state index in [1.165, 1.54) is 18.2 Å². The summed E-state index contributed by atoms with van der Waals surface area (Å²) in [5.41, 5.74) is 6.70. The first-order chi connectivity index (χ1) is 7.33. The van der Waals surface area contributed by atoms with Crippen molar-refractivity contribution in [1.82, 2.24) is 0 Å². The van der Waals surface area contributed by atoms with Gasteiger partial charge in [-0.25, -0.2) is 0 Å². The normalized spacial score (nSPS) is 13.8. The zero-order valence-electron chi connectivity index (χ0n) is 8.16. The van der Waals surface area contributed by atoms with Crippen LogP contribution in [0.5, 0.6) is 5.75 Å². The fourth-order valence-electron chi connectivity index (χ4n) is 1.15. The Morgan fingerprint density at radius 1 is 1.38 bits per heavy atom. The average Bonchev–Trinajstić information content (AvgIpc) is 2.18. The molecule has 0 saturated carbocycles. The third-order valence-electron chi connectivity index (χ3n) is 1.89. The van der Waals surface area contributed by atoms with Crippen LogP contribution in [0.3, 0.4) is 0 Å². The van der Waals surface area contributed by atoms with Gasteiger partial charge in [0.05, 0.1) is 0 Å². The molecule has 0 unspecified atom stereocenters. The lowest BCUT2D eigenvalue weighted by molar-refractivity contribution is -0.0328. The molecular formula is C9H11F3N2OS. The minimum Gasteiger partial charge on any atom is -0.508 e. The Morgan fingerprint density at radius 3 is 2.50 bits per heavy atom. The quantitative estimate of drug-likeness (QED) is 0.719. The third-order valence-corrected chi connectivity index (χ3v) is 2.61. The molecule has 0 heterocycles. The van der Waals surface area contributed by atoms with Gasteiger partial charge in [-0.3, -0.25) is 0 Å². The number of phenolic OH excluding ortho intramolecular Hbond substituents is 1. The molecule has 0 amide bonds. The van der Waals surface area contributed by atoms with Crippen LogP contribution in [0.15, 0.2) is 23.1 Å². The van der Waals surface area contributed by atoms with Crippen LogP contribution in [0.2, 0.25) is 0 Å². The molecule has 7 heteroatoms. The van der Waals surface area contributed by atoms with Gasteiger partial charge in [-0.05, 0) is 30.0 Å². The number of thioether (sulfide) groups is 1. The molecule has 0 bridgehead atoms. The van der Waals surface area contributed by atoms with Gasteiger partial charge in [-0.15, -0.1) is 0 Å². The largest absolute Gasteiger partial charge is 0.508 e. The minimum absolute atomic E-state index is 0.0239. The van der Waals surface area contributed by atoms with Crippen LogP contribution < -0.4 is 11.5 Å². The van der Waals surface area contributed by atoms with Crippen molar-refractivity contribution in [2.45, 2.75) is 16.4 Å². The molecule has 1 aromatic rings. The van der Waals surface area contributed by atoms with Crippen LogP contribution in [0.4, 0.5) is 13.2 Å². The lowest BCUT2D eigenvalue weighted by Gasteiger charge is -2.13. The number of aromatic hydroxyl groups is 1. The first kappa shape index (κ1) is 13.1. The summed E-state index contributed by atoms with van der Waals surface area (Å²) in [5, 5.41) is 9.41. The SMILES string of the molecule is NC[C@@H](N)c1cc(SC(F)(F)F)ccc1O. The molecule has 1 aromatic carbocycles. The second-order valence-electron chi connectivity index (χ2n) is 3.11. The molecule has 0 spiro atoms. The summed E-state index contributed by atoms with van der Waals surface area (Å²) < 4.78 is 36.3. The van der Waals surface area contributed by atoms with E-state index < -0.39 is 11.6 Å². The maximum absolute atomic E-state index is 12.1. The lowest BCUT2D eigenvalue weighted by atomic mass is 10.1. The first-order valence-corrected chi connectivity index (χ1v) is 5.19. The van der Waals surface area contributed by atoms with E-state index in [1.807, 2.05) is 0 Å². The molecule has 0 fully saturated rings. The Labute approximate surface area is 94.6 Å². The topological polar surface area (TPSA) is 72.3 Å². The van der Waals surface area contributed by atoms with Crippen molar-refractivity contribution in [3.05, 3.63) is 23.8 Å². The van der Waals surface area contributed by atoms with Crippen molar-refractivity contribution in [1.29, 1.82) is 0 Å². The summed E-state index contributed by atoms with van der Waals surface area (Å²) >= 11 is -0.256. The zero-order chi connectivity index (χ0) is 12.3. The predicted molar refractivity (Wildman–Crippen MR) is 56.0 cm³/mol. The monoisotopic (exact) mass is 252 g/mol. The van der Waals surface area contributed by atoms with Crippen molar-refractivity contribution in [2.75, 3.05) is 6.54 Å². The van der Waals surface area contributed by atoms with Crippen molar-refractivity contribution in [3.63, 3.8) is 0 Å². The highest BCUT2D eigenvalue weighted by molar-refractivity contribution is 8.00. The molecule has 1 atom stereocenters. The first-order valence-electron chi connectivity index (χ1n) is 4.38. The van der Waals surface area contributed by atoms with Gasteiger partial charge in [0.1, 0.15) is 5.75 Å². The summed E-state index contributed by atoms with van der Waals surface area (Å²) in [6.45, 7) is 0.0493. The Hall–Kier alpha value is -0.920. The number of rotatable bonds is 3. The predicted octanol–water partition coefficient (Wildman–Crippen LogP) is 1.96. The molecule has 0 saturated heterocycles. The van der Waals surface area contributed by atoms with E-state index in [9.17, 15) is 18.3 Å². The van der Waals surface area contributed by atoms with Gasteiger partial charge in [-0.1, -0.05) is 0 Å². The summed E-state index contributed by atoms with van der Waals surface area (Å²) in [6.07, 6.45) is 0. The van der Waals surface area contributed by atoms with Crippen LogP contribution in [-0.2, 0) is 0 Å². The Bertz CT molecular complexity index is 370. The standard InChI is InChI=1S/C9H11F3N2OS/c10-9(11,12)16-5-1-2-8(15)6(3-5)7(14)4-13/h1-3,7,15H,4,13-14H2/t7-/m1/s1. The van der Waals surface area contributed by atoms with Gasteiger partial charge in [0.15, 0.2) is 0 Å².